The molecule has 2 nitrogen and oxygen atoms in total. The van der Waals surface area contributed by atoms with Crippen LogP contribution in [0.5, 0.6) is 0 Å². The first-order chi connectivity index (χ1) is 7.81. The first-order valence-corrected chi connectivity index (χ1v) is 5.02. The SMILES string of the molecule is ONCc1ccc(F)c(-c2ccccc2)c1. The molecule has 16 heavy (non-hydrogen) atoms. The molecule has 2 rings (SSSR count). The van der Waals surface area contributed by atoms with Crippen LogP contribution in [0.1, 0.15) is 5.56 Å². The zero-order chi connectivity index (χ0) is 11.4. The number of halogens is 1. The Bertz CT molecular complexity index is 471. The summed E-state index contributed by atoms with van der Waals surface area (Å²) in [7, 11) is 0. The van der Waals surface area contributed by atoms with Crippen LogP contribution in [-0.2, 0) is 6.54 Å². The summed E-state index contributed by atoms with van der Waals surface area (Å²) in [6.07, 6.45) is 0. The molecule has 0 unspecified atom stereocenters. The molecule has 0 aliphatic carbocycles. The van der Waals surface area contributed by atoms with Crippen molar-refractivity contribution in [2.24, 2.45) is 0 Å². The molecule has 0 aromatic heterocycles. The van der Waals surface area contributed by atoms with E-state index in [9.17, 15) is 4.39 Å². The van der Waals surface area contributed by atoms with Crippen molar-refractivity contribution in [3.05, 3.63) is 59.9 Å². The molecule has 0 bridgehead atoms. The van der Waals surface area contributed by atoms with E-state index in [1.807, 2.05) is 30.3 Å². The summed E-state index contributed by atoms with van der Waals surface area (Å²) < 4.78 is 13.6. The topological polar surface area (TPSA) is 32.3 Å². The Balaban J connectivity index is 2.43. The van der Waals surface area contributed by atoms with Gasteiger partial charge in [0.05, 0.1) is 0 Å². The Morgan fingerprint density at radius 1 is 1.06 bits per heavy atom. The fourth-order valence-corrected chi connectivity index (χ4v) is 1.61. The van der Waals surface area contributed by atoms with Crippen molar-refractivity contribution >= 4 is 0 Å². The molecule has 0 aliphatic rings. The maximum absolute atomic E-state index is 13.6. The van der Waals surface area contributed by atoms with Crippen molar-refractivity contribution in [2.75, 3.05) is 0 Å². The van der Waals surface area contributed by atoms with Crippen LogP contribution in [0.4, 0.5) is 4.39 Å². The average Bonchev–Trinajstić information content (AvgIpc) is 2.33. The Morgan fingerprint density at radius 3 is 2.50 bits per heavy atom. The lowest BCUT2D eigenvalue weighted by molar-refractivity contribution is 0.161. The van der Waals surface area contributed by atoms with Crippen molar-refractivity contribution in [3.63, 3.8) is 0 Å². The third-order valence-electron chi connectivity index (χ3n) is 2.40. The summed E-state index contributed by atoms with van der Waals surface area (Å²) in [4.78, 5) is 0. The Hall–Kier alpha value is -1.71. The van der Waals surface area contributed by atoms with Crippen LogP contribution in [0.25, 0.3) is 11.1 Å². The maximum Gasteiger partial charge on any atom is 0.131 e. The molecular formula is C13H12FNO. The molecule has 0 radical (unpaired) electrons. The molecule has 2 aromatic carbocycles. The lowest BCUT2D eigenvalue weighted by Gasteiger charge is -2.06. The van der Waals surface area contributed by atoms with Crippen LogP contribution in [0.2, 0.25) is 0 Å². The average molecular weight is 217 g/mol. The largest absolute Gasteiger partial charge is 0.316 e. The van der Waals surface area contributed by atoms with E-state index in [1.165, 1.54) is 6.07 Å². The molecule has 0 heterocycles. The summed E-state index contributed by atoms with van der Waals surface area (Å²) in [5.41, 5.74) is 4.28. The van der Waals surface area contributed by atoms with Crippen LogP contribution in [0.15, 0.2) is 48.5 Å². The van der Waals surface area contributed by atoms with Crippen LogP contribution < -0.4 is 5.48 Å². The summed E-state index contributed by atoms with van der Waals surface area (Å²) in [6.45, 7) is 0.306. The van der Waals surface area contributed by atoms with E-state index in [0.29, 0.717) is 12.1 Å². The van der Waals surface area contributed by atoms with Crippen LogP contribution >= 0.6 is 0 Å². The quantitative estimate of drug-likeness (QED) is 0.775. The number of benzene rings is 2. The lowest BCUT2D eigenvalue weighted by atomic mass is 10.0. The van der Waals surface area contributed by atoms with Crippen molar-refractivity contribution < 1.29 is 9.60 Å². The minimum atomic E-state index is -0.257. The molecule has 2 aromatic rings. The molecule has 0 spiro atoms. The molecule has 0 saturated heterocycles. The molecule has 0 saturated carbocycles. The third-order valence-corrected chi connectivity index (χ3v) is 2.40. The van der Waals surface area contributed by atoms with Crippen molar-refractivity contribution in [2.45, 2.75) is 6.54 Å². The zero-order valence-corrected chi connectivity index (χ0v) is 8.65. The molecule has 0 atom stereocenters. The third kappa shape index (κ3) is 2.27. The Kier molecular flexibility index (Phi) is 3.29. The monoisotopic (exact) mass is 217 g/mol. The zero-order valence-electron chi connectivity index (χ0n) is 8.65. The number of hydrogen-bond acceptors (Lipinski definition) is 2. The van der Waals surface area contributed by atoms with Gasteiger partial charge in [-0.1, -0.05) is 36.4 Å². The van der Waals surface area contributed by atoms with Crippen LogP contribution in [0.3, 0.4) is 0 Å². The number of hydrogen-bond donors (Lipinski definition) is 2. The van der Waals surface area contributed by atoms with Gasteiger partial charge in [0.25, 0.3) is 0 Å². The van der Waals surface area contributed by atoms with E-state index in [2.05, 4.69) is 5.48 Å². The van der Waals surface area contributed by atoms with E-state index < -0.39 is 0 Å². The first-order valence-electron chi connectivity index (χ1n) is 5.02. The van der Waals surface area contributed by atoms with Gasteiger partial charge in [0.1, 0.15) is 5.82 Å². The highest BCUT2D eigenvalue weighted by Crippen LogP contribution is 2.23. The van der Waals surface area contributed by atoms with E-state index in [1.54, 1.807) is 12.1 Å². The van der Waals surface area contributed by atoms with Gasteiger partial charge in [-0.3, -0.25) is 0 Å². The molecule has 2 N–H and O–H groups in total. The second-order valence-electron chi connectivity index (χ2n) is 3.52. The second-order valence-corrected chi connectivity index (χ2v) is 3.52. The molecule has 0 fully saturated rings. The fourth-order valence-electron chi connectivity index (χ4n) is 1.61. The molecule has 0 aliphatic heterocycles. The van der Waals surface area contributed by atoms with Gasteiger partial charge in [-0.05, 0) is 23.3 Å². The summed E-state index contributed by atoms with van der Waals surface area (Å²) in [5.74, 6) is -0.257. The molecular weight excluding hydrogens is 205 g/mol. The lowest BCUT2D eigenvalue weighted by Crippen LogP contribution is -2.06. The van der Waals surface area contributed by atoms with Gasteiger partial charge in [0.2, 0.25) is 0 Å². The van der Waals surface area contributed by atoms with Gasteiger partial charge in [-0.25, -0.2) is 9.87 Å². The smallest absolute Gasteiger partial charge is 0.131 e. The van der Waals surface area contributed by atoms with Gasteiger partial charge in [-0.2, -0.15) is 0 Å². The number of nitrogens with one attached hydrogen (secondary N) is 1. The molecule has 0 amide bonds. The molecule has 3 heteroatoms. The Morgan fingerprint density at radius 2 is 1.81 bits per heavy atom. The van der Waals surface area contributed by atoms with Crippen LogP contribution in [-0.4, -0.2) is 5.21 Å². The highest BCUT2D eigenvalue weighted by atomic mass is 19.1. The van der Waals surface area contributed by atoms with E-state index >= 15 is 0 Å². The van der Waals surface area contributed by atoms with Gasteiger partial charge < -0.3 is 5.21 Å². The number of rotatable bonds is 3. The normalized spacial score (nSPS) is 10.4. The summed E-state index contributed by atoms with van der Waals surface area (Å²) >= 11 is 0. The van der Waals surface area contributed by atoms with E-state index in [0.717, 1.165) is 11.1 Å². The summed E-state index contributed by atoms with van der Waals surface area (Å²) in [6, 6.07) is 14.1. The standard InChI is InChI=1S/C13H12FNO/c14-13-7-6-10(9-15-16)8-12(13)11-4-2-1-3-5-11/h1-8,15-16H,9H2. The fraction of sp³-hybridized carbons (Fsp3) is 0.0769. The molecule has 82 valence electrons. The predicted molar refractivity (Wildman–Crippen MR) is 60.5 cm³/mol. The Labute approximate surface area is 93.3 Å². The highest BCUT2D eigenvalue weighted by molar-refractivity contribution is 5.64. The minimum absolute atomic E-state index is 0.257. The number of hydroxylamine groups is 1. The van der Waals surface area contributed by atoms with Gasteiger partial charge >= 0.3 is 0 Å². The van der Waals surface area contributed by atoms with Gasteiger partial charge in [0, 0.05) is 12.1 Å². The minimum Gasteiger partial charge on any atom is -0.316 e. The predicted octanol–water partition coefficient (Wildman–Crippen LogP) is 2.97. The summed E-state index contributed by atoms with van der Waals surface area (Å²) in [5, 5.41) is 8.61. The van der Waals surface area contributed by atoms with Gasteiger partial charge in [-0.15, -0.1) is 0 Å². The van der Waals surface area contributed by atoms with E-state index in [-0.39, 0.29) is 5.82 Å². The second kappa shape index (κ2) is 4.88. The van der Waals surface area contributed by atoms with Crippen LogP contribution in [0, 0.1) is 5.82 Å². The van der Waals surface area contributed by atoms with E-state index in [4.69, 9.17) is 5.21 Å². The van der Waals surface area contributed by atoms with Crippen molar-refractivity contribution in [1.29, 1.82) is 0 Å². The first kappa shape index (κ1) is 10.8. The van der Waals surface area contributed by atoms with Gasteiger partial charge in [0.15, 0.2) is 0 Å². The van der Waals surface area contributed by atoms with Crippen molar-refractivity contribution in [3.8, 4) is 11.1 Å². The maximum atomic E-state index is 13.6. The van der Waals surface area contributed by atoms with Crippen molar-refractivity contribution in [1.82, 2.24) is 5.48 Å². The highest BCUT2D eigenvalue weighted by Gasteiger charge is 2.05.